The Balaban J connectivity index is 1.77. The molecular formula is C19H16F2N4O3. The molecule has 7 nitrogen and oxygen atoms in total. The number of anilines is 2. The lowest BCUT2D eigenvalue weighted by Gasteiger charge is -2.12. The molecule has 4 rings (SSSR count). The molecule has 2 heterocycles. The molecule has 9 heteroatoms. The summed E-state index contributed by atoms with van der Waals surface area (Å²) in [5, 5.41) is 12.1. The van der Waals surface area contributed by atoms with Crippen LogP contribution < -0.4 is 19.5 Å². The van der Waals surface area contributed by atoms with Crippen molar-refractivity contribution in [2.24, 2.45) is 0 Å². The predicted molar refractivity (Wildman–Crippen MR) is 101 cm³/mol. The second-order valence-electron chi connectivity index (χ2n) is 5.87. The summed E-state index contributed by atoms with van der Waals surface area (Å²) in [6.45, 7) is -2.93. The van der Waals surface area contributed by atoms with Crippen LogP contribution in [-0.4, -0.2) is 36.0 Å². The second-order valence-corrected chi connectivity index (χ2v) is 5.87. The van der Waals surface area contributed by atoms with Crippen LogP contribution in [0.4, 0.5) is 20.3 Å². The molecule has 0 bridgehead atoms. The number of ether oxygens (including phenoxy) is 3. The first-order chi connectivity index (χ1) is 13.6. The van der Waals surface area contributed by atoms with Crippen LogP contribution in [0.5, 0.6) is 17.2 Å². The van der Waals surface area contributed by atoms with E-state index in [0.717, 1.165) is 21.8 Å². The maximum atomic E-state index is 12.5. The fourth-order valence-corrected chi connectivity index (χ4v) is 2.98. The molecule has 0 saturated carbocycles. The van der Waals surface area contributed by atoms with Crippen molar-refractivity contribution in [2.45, 2.75) is 6.61 Å². The van der Waals surface area contributed by atoms with Gasteiger partial charge in [0.05, 0.1) is 36.8 Å². The molecule has 0 unspecified atom stereocenters. The lowest BCUT2D eigenvalue weighted by atomic mass is 10.1. The van der Waals surface area contributed by atoms with Crippen molar-refractivity contribution in [2.75, 3.05) is 19.5 Å². The minimum atomic E-state index is -2.93. The third kappa shape index (κ3) is 3.22. The van der Waals surface area contributed by atoms with Gasteiger partial charge in [-0.3, -0.25) is 10.1 Å². The van der Waals surface area contributed by atoms with Crippen molar-refractivity contribution in [1.29, 1.82) is 0 Å². The number of benzene rings is 2. The van der Waals surface area contributed by atoms with Crippen molar-refractivity contribution in [3.63, 3.8) is 0 Å². The van der Waals surface area contributed by atoms with Crippen molar-refractivity contribution >= 4 is 33.3 Å². The zero-order valence-corrected chi connectivity index (χ0v) is 15.0. The van der Waals surface area contributed by atoms with Crippen molar-refractivity contribution in [1.82, 2.24) is 15.2 Å². The number of aromatic amines is 1. The summed E-state index contributed by atoms with van der Waals surface area (Å²) in [7, 11) is 2.98. The first kappa shape index (κ1) is 17.8. The number of hydrogen-bond acceptors (Lipinski definition) is 6. The van der Waals surface area contributed by atoms with Gasteiger partial charge in [-0.25, -0.2) is 0 Å². The molecule has 0 fully saturated rings. The molecule has 28 heavy (non-hydrogen) atoms. The SMILES string of the molecule is COc1ccc2ncc3[nH]nc(Nc4ccc(OC(F)F)c(OC)c4)c3c2c1. The lowest BCUT2D eigenvalue weighted by molar-refractivity contribution is -0.0512. The topological polar surface area (TPSA) is 81.3 Å². The smallest absolute Gasteiger partial charge is 0.387 e. The number of halogens is 2. The second kappa shape index (κ2) is 7.18. The van der Waals surface area contributed by atoms with E-state index in [1.807, 2.05) is 18.2 Å². The maximum Gasteiger partial charge on any atom is 0.387 e. The molecule has 0 aliphatic rings. The van der Waals surface area contributed by atoms with Gasteiger partial charge in [0.1, 0.15) is 5.75 Å². The van der Waals surface area contributed by atoms with Gasteiger partial charge in [-0.05, 0) is 30.3 Å². The third-order valence-electron chi connectivity index (χ3n) is 4.24. The van der Waals surface area contributed by atoms with Crippen LogP contribution in [0.2, 0.25) is 0 Å². The highest BCUT2D eigenvalue weighted by molar-refractivity contribution is 6.10. The summed E-state index contributed by atoms with van der Waals surface area (Å²) in [4.78, 5) is 4.41. The van der Waals surface area contributed by atoms with Crippen LogP contribution >= 0.6 is 0 Å². The molecule has 0 amide bonds. The molecule has 144 valence electrons. The fraction of sp³-hybridized carbons (Fsp3) is 0.158. The molecule has 0 aliphatic heterocycles. The van der Waals surface area contributed by atoms with Crippen LogP contribution in [0.15, 0.2) is 42.6 Å². The summed E-state index contributed by atoms with van der Waals surface area (Å²) in [5.41, 5.74) is 2.13. The van der Waals surface area contributed by atoms with Crippen molar-refractivity contribution in [3.8, 4) is 17.2 Å². The average molecular weight is 386 g/mol. The molecule has 0 aliphatic carbocycles. The van der Waals surface area contributed by atoms with Crippen LogP contribution in [-0.2, 0) is 0 Å². The summed E-state index contributed by atoms with van der Waals surface area (Å²) in [6.07, 6.45) is 1.70. The van der Waals surface area contributed by atoms with E-state index in [1.54, 1.807) is 25.4 Å². The van der Waals surface area contributed by atoms with E-state index < -0.39 is 6.61 Å². The minimum absolute atomic E-state index is 0.0469. The Morgan fingerprint density at radius 2 is 1.89 bits per heavy atom. The molecule has 0 saturated heterocycles. The van der Waals surface area contributed by atoms with E-state index in [4.69, 9.17) is 9.47 Å². The number of aromatic nitrogens is 3. The Morgan fingerprint density at radius 1 is 1.04 bits per heavy atom. The van der Waals surface area contributed by atoms with Gasteiger partial charge in [0.25, 0.3) is 0 Å². The number of pyridine rings is 1. The standard InChI is InChI=1S/C19H16F2N4O3/c1-26-11-4-5-13-12(8-11)17-14(9-22-13)24-25-18(17)23-10-3-6-15(28-19(20)21)16(7-10)27-2/h3-9,19H,1-2H3,(H2,23,24,25). The highest BCUT2D eigenvalue weighted by atomic mass is 19.3. The maximum absolute atomic E-state index is 12.5. The Bertz CT molecular complexity index is 1150. The van der Waals surface area contributed by atoms with E-state index in [-0.39, 0.29) is 11.5 Å². The number of methoxy groups -OCH3 is 2. The lowest BCUT2D eigenvalue weighted by Crippen LogP contribution is -2.04. The molecule has 0 spiro atoms. The number of fused-ring (bicyclic) bond motifs is 3. The van der Waals surface area contributed by atoms with Gasteiger partial charge in [0.15, 0.2) is 17.3 Å². The first-order valence-electron chi connectivity index (χ1n) is 8.29. The Kier molecular flexibility index (Phi) is 4.56. The predicted octanol–water partition coefficient (Wildman–Crippen LogP) is 4.47. The van der Waals surface area contributed by atoms with Gasteiger partial charge >= 0.3 is 6.61 Å². The zero-order valence-electron chi connectivity index (χ0n) is 15.0. The van der Waals surface area contributed by atoms with Gasteiger partial charge in [-0.2, -0.15) is 13.9 Å². The molecule has 0 atom stereocenters. The largest absolute Gasteiger partial charge is 0.497 e. The fourth-order valence-electron chi connectivity index (χ4n) is 2.98. The summed E-state index contributed by atoms with van der Waals surface area (Å²) in [6, 6.07) is 10.1. The van der Waals surface area contributed by atoms with Crippen LogP contribution in [0.25, 0.3) is 21.8 Å². The highest BCUT2D eigenvalue weighted by Crippen LogP contribution is 2.35. The van der Waals surface area contributed by atoms with E-state index >= 15 is 0 Å². The van der Waals surface area contributed by atoms with E-state index in [1.165, 1.54) is 13.2 Å². The van der Waals surface area contributed by atoms with E-state index in [2.05, 4.69) is 25.2 Å². The quantitative estimate of drug-likeness (QED) is 0.509. The summed E-state index contributed by atoms with van der Waals surface area (Å²) in [5.74, 6) is 1.39. The van der Waals surface area contributed by atoms with Crippen LogP contribution in [0.1, 0.15) is 0 Å². The highest BCUT2D eigenvalue weighted by Gasteiger charge is 2.14. The summed E-state index contributed by atoms with van der Waals surface area (Å²) >= 11 is 0. The molecular weight excluding hydrogens is 370 g/mol. The van der Waals surface area contributed by atoms with Crippen molar-refractivity contribution < 1.29 is 23.0 Å². The molecule has 4 aromatic rings. The number of nitrogens with zero attached hydrogens (tertiary/aromatic N) is 2. The normalized spacial score (nSPS) is 11.2. The minimum Gasteiger partial charge on any atom is -0.497 e. The van der Waals surface area contributed by atoms with E-state index in [0.29, 0.717) is 17.3 Å². The number of H-pyrrole nitrogens is 1. The molecule has 2 N–H and O–H groups in total. The average Bonchev–Trinajstić information content (AvgIpc) is 3.11. The van der Waals surface area contributed by atoms with Gasteiger partial charge in [-0.15, -0.1) is 0 Å². The Hall–Kier alpha value is -3.62. The van der Waals surface area contributed by atoms with Gasteiger partial charge < -0.3 is 19.5 Å². The van der Waals surface area contributed by atoms with Gasteiger partial charge in [0.2, 0.25) is 0 Å². The van der Waals surface area contributed by atoms with Gasteiger partial charge in [-0.1, -0.05) is 0 Å². The molecule has 2 aromatic heterocycles. The molecule has 0 radical (unpaired) electrons. The number of hydrogen-bond donors (Lipinski definition) is 2. The number of rotatable bonds is 6. The van der Waals surface area contributed by atoms with Crippen LogP contribution in [0.3, 0.4) is 0 Å². The Labute approximate surface area is 158 Å². The summed E-state index contributed by atoms with van der Waals surface area (Å²) < 4.78 is 39.9. The Morgan fingerprint density at radius 3 is 2.64 bits per heavy atom. The van der Waals surface area contributed by atoms with Crippen molar-refractivity contribution in [3.05, 3.63) is 42.6 Å². The monoisotopic (exact) mass is 386 g/mol. The number of alkyl halides is 2. The molecule has 2 aromatic carbocycles. The van der Waals surface area contributed by atoms with Crippen LogP contribution in [0, 0.1) is 0 Å². The zero-order chi connectivity index (χ0) is 19.7. The van der Waals surface area contributed by atoms with E-state index in [9.17, 15) is 8.78 Å². The van der Waals surface area contributed by atoms with Gasteiger partial charge in [0, 0.05) is 17.1 Å². The number of nitrogens with one attached hydrogen (secondary N) is 2. The third-order valence-corrected chi connectivity index (χ3v) is 4.24. The first-order valence-corrected chi connectivity index (χ1v) is 8.29.